The van der Waals surface area contributed by atoms with E-state index in [-0.39, 0.29) is 18.7 Å². The molecule has 0 unspecified atom stereocenters. The van der Waals surface area contributed by atoms with Gasteiger partial charge in [0.05, 0.1) is 6.04 Å². The van der Waals surface area contributed by atoms with Crippen molar-refractivity contribution in [1.82, 2.24) is 10.2 Å². The average Bonchev–Trinajstić information content (AvgIpc) is 2.76. The number of rotatable bonds is 5. The molecule has 21 heavy (non-hydrogen) atoms. The van der Waals surface area contributed by atoms with Gasteiger partial charge in [-0.2, -0.15) is 0 Å². The van der Waals surface area contributed by atoms with Gasteiger partial charge in [0.25, 0.3) is 0 Å². The number of benzene rings is 1. The number of nitrogens with zero attached hydrogens (tertiary/aromatic N) is 1. The van der Waals surface area contributed by atoms with Crippen LogP contribution in [-0.2, 0) is 11.3 Å². The van der Waals surface area contributed by atoms with E-state index in [0.717, 1.165) is 25.2 Å². The summed E-state index contributed by atoms with van der Waals surface area (Å²) < 4.78 is 5.23. The maximum Gasteiger partial charge on any atom is 0.407 e. The number of likely N-dealkylation sites (tertiary alicyclic amines) is 1. The predicted octanol–water partition coefficient (Wildman–Crippen LogP) is 1.58. The summed E-state index contributed by atoms with van der Waals surface area (Å²) in [4.78, 5) is 14.1. The second-order valence-electron chi connectivity index (χ2n) is 6.09. The molecule has 1 fully saturated rings. The van der Waals surface area contributed by atoms with E-state index in [2.05, 4.69) is 24.1 Å². The quantitative estimate of drug-likeness (QED) is 0.864. The minimum absolute atomic E-state index is 0.0342. The van der Waals surface area contributed by atoms with Crippen LogP contribution in [0.1, 0.15) is 19.4 Å². The summed E-state index contributed by atoms with van der Waals surface area (Å²) in [6.45, 7) is 7.26. The number of carbonyl (C=O) groups excluding carboxylic acids is 1. The first-order valence-corrected chi connectivity index (χ1v) is 7.49. The standard InChI is InChI=1S/C16H25N3O2/c1-12(2)8-19-9-14(17)15(10-19)18-16(20)21-11-13-6-4-3-5-7-13/h3-7,12,14-15H,8-11,17H2,1-2H3,(H,18,20)/t14-,15+/m1/s1. The van der Waals surface area contributed by atoms with Gasteiger partial charge in [0, 0.05) is 25.7 Å². The highest BCUT2D eigenvalue weighted by Crippen LogP contribution is 2.11. The molecule has 0 bridgehead atoms. The summed E-state index contributed by atoms with van der Waals surface area (Å²) in [6, 6.07) is 9.57. The monoisotopic (exact) mass is 291 g/mol. The first-order valence-electron chi connectivity index (χ1n) is 7.49. The maximum atomic E-state index is 11.8. The fraction of sp³-hybridized carbons (Fsp3) is 0.562. The van der Waals surface area contributed by atoms with Crippen molar-refractivity contribution < 1.29 is 9.53 Å². The van der Waals surface area contributed by atoms with Crippen molar-refractivity contribution in [2.24, 2.45) is 11.7 Å². The number of hydrogen-bond donors (Lipinski definition) is 2. The molecular weight excluding hydrogens is 266 g/mol. The highest BCUT2D eigenvalue weighted by molar-refractivity contribution is 5.67. The summed E-state index contributed by atoms with van der Waals surface area (Å²) >= 11 is 0. The minimum atomic E-state index is -0.397. The second-order valence-corrected chi connectivity index (χ2v) is 6.09. The Balaban J connectivity index is 1.75. The summed E-state index contributed by atoms with van der Waals surface area (Å²) in [5, 5.41) is 2.87. The van der Waals surface area contributed by atoms with Crippen molar-refractivity contribution in [3.8, 4) is 0 Å². The van der Waals surface area contributed by atoms with Crippen LogP contribution in [0.5, 0.6) is 0 Å². The second kappa shape index (κ2) is 7.43. The van der Waals surface area contributed by atoms with E-state index in [1.165, 1.54) is 0 Å². The topological polar surface area (TPSA) is 67.6 Å². The van der Waals surface area contributed by atoms with Crippen LogP contribution in [0, 0.1) is 5.92 Å². The van der Waals surface area contributed by atoms with Gasteiger partial charge in [0.2, 0.25) is 0 Å². The number of carbonyl (C=O) groups is 1. The summed E-state index contributed by atoms with van der Waals surface area (Å²) in [5.41, 5.74) is 7.07. The van der Waals surface area contributed by atoms with Gasteiger partial charge in [-0.1, -0.05) is 44.2 Å². The number of amides is 1. The molecule has 1 aliphatic rings. The predicted molar refractivity (Wildman–Crippen MR) is 82.8 cm³/mol. The number of ether oxygens (including phenoxy) is 1. The number of nitrogens with one attached hydrogen (secondary N) is 1. The molecule has 2 atom stereocenters. The van der Waals surface area contributed by atoms with Crippen LogP contribution in [0.2, 0.25) is 0 Å². The molecule has 1 amide bonds. The zero-order chi connectivity index (χ0) is 15.2. The molecule has 1 saturated heterocycles. The Morgan fingerprint density at radius 2 is 2.10 bits per heavy atom. The molecule has 1 aromatic rings. The van der Waals surface area contributed by atoms with Crippen LogP contribution >= 0.6 is 0 Å². The van der Waals surface area contributed by atoms with Crippen molar-refractivity contribution in [3.05, 3.63) is 35.9 Å². The van der Waals surface area contributed by atoms with Gasteiger partial charge in [-0.15, -0.1) is 0 Å². The Labute approximate surface area is 126 Å². The van der Waals surface area contributed by atoms with Gasteiger partial charge in [0.1, 0.15) is 6.61 Å². The van der Waals surface area contributed by atoms with Crippen LogP contribution < -0.4 is 11.1 Å². The molecule has 0 saturated carbocycles. The molecule has 0 spiro atoms. The maximum absolute atomic E-state index is 11.8. The largest absolute Gasteiger partial charge is 0.445 e. The lowest BCUT2D eigenvalue weighted by molar-refractivity contribution is 0.135. The smallest absolute Gasteiger partial charge is 0.407 e. The molecule has 116 valence electrons. The van der Waals surface area contributed by atoms with Crippen LogP contribution in [-0.4, -0.2) is 42.7 Å². The Morgan fingerprint density at radius 1 is 1.38 bits per heavy atom. The molecule has 1 aliphatic heterocycles. The first kappa shape index (κ1) is 15.8. The van der Waals surface area contributed by atoms with Gasteiger partial charge in [-0.3, -0.25) is 4.90 Å². The third-order valence-corrected chi connectivity index (χ3v) is 3.58. The van der Waals surface area contributed by atoms with Gasteiger partial charge in [0.15, 0.2) is 0 Å². The Kier molecular flexibility index (Phi) is 5.59. The van der Waals surface area contributed by atoms with Gasteiger partial charge in [-0.05, 0) is 11.5 Å². The summed E-state index contributed by atoms with van der Waals surface area (Å²) in [5.74, 6) is 0.598. The molecule has 0 aromatic heterocycles. The van der Waals surface area contributed by atoms with Crippen molar-refractivity contribution in [3.63, 3.8) is 0 Å². The minimum Gasteiger partial charge on any atom is -0.445 e. The molecule has 0 aliphatic carbocycles. The lowest BCUT2D eigenvalue weighted by Crippen LogP contribution is -2.46. The third-order valence-electron chi connectivity index (χ3n) is 3.58. The Bertz CT molecular complexity index is 450. The molecular formula is C16H25N3O2. The van der Waals surface area contributed by atoms with Crippen molar-refractivity contribution in [2.45, 2.75) is 32.5 Å². The molecule has 5 nitrogen and oxygen atoms in total. The number of nitrogens with two attached hydrogens (primary N) is 1. The molecule has 3 N–H and O–H groups in total. The summed E-state index contributed by atoms with van der Waals surface area (Å²) in [6.07, 6.45) is -0.397. The zero-order valence-corrected chi connectivity index (χ0v) is 12.8. The van der Waals surface area contributed by atoms with E-state index in [9.17, 15) is 4.79 Å². The van der Waals surface area contributed by atoms with Gasteiger partial charge < -0.3 is 15.8 Å². The first-order chi connectivity index (χ1) is 10.0. The van der Waals surface area contributed by atoms with E-state index in [1.807, 2.05) is 30.3 Å². The Hall–Kier alpha value is -1.59. The van der Waals surface area contributed by atoms with Crippen LogP contribution in [0.25, 0.3) is 0 Å². The van der Waals surface area contributed by atoms with E-state index < -0.39 is 6.09 Å². The third kappa shape index (κ3) is 5.02. The van der Waals surface area contributed by atoms with E-state index >= 15 is 0 Å². The highest BCUT2D eigenvalue weighted by atomic mass is 16.5. The van der Waals surface area contributed by atoms with Gasteiger partial charge >= 0.3 is 6.09 Å². The lowest BCUT2D eigenvalue weighted by atomic mass is 10.2. The fourth-order valence-electron chi connectivity index (χ4n) is 2.65. The van der Waals surface area contributed by atoms with Crippen LogP contribution in [0.3, 0.4) is 0 Å². The Morgan fingerprint density at radius 3 is 2.76 bits per heavy atom. The van der Waals surface area contributed by atoms with Crippen molar-refractivity contribution in [2.75, 3.05) is 19.6 Å². The SMILES string of the molecule is CC(C)CN1C[C@@H](N)[C@@H](NC(=O)OCc2ccccc2)C1. The number of hydrogen-bond acceptors (Lipinski definition) is 4. The summed E-state index contributed by atoms with van der Waals surface area (Å²) in [7, 11) is 0. The van der Waals surface area contributed by atoms with Crippen molar-refractivity contribution >= 4 is 6.09 Å². The van der Waals surface area contributed by atoms with Crippen molar-refractivity contribution in [1.29, 1.82) is 0 Å². The van der Waals surface area contributed by atoms with E-state index in [0.29, 0.717) is 5.92 Å². The highest BCUT2D eigenvalue weighted by Gasteiger charge is 2.31. The van der Waals surface area contributed by atoms with E-state index in [1.54, 1.807) is 0 Å². The van der Waals surface area contributed by atoms with Crippen LogP contribution in [0.4, 0.5) is 4.79 Å². The van der Waals surface area contributed by atoms with Crippen LogP contribution in [0.15, 0.2) is 30.3 Å². The molecule has 5 heteroatoms. The average molecular weight is 291 g/mol. The van der Waals surface area contributed by atoms with E-state index in [4.69, 9.17) is 10.5 Å². The molecule has 1 aromatic carbocycles. The zero-order valence-electron chi connectivity index (χ0n) is 12.8. The normalized spacial score (nSPS) is 22.5. The molecule has 1 heterocycles. The fourth-order valence-corrected chi connectivity index (χ4v) is 2.65. The lowest BCUT2D eigenvalue weighted by Gasteiger charge is -2.18. The van der Waals surface area contributed by atoms with Gasteiger partial charge in [-0.25, -0.2) is 4.79 Å². The number of alkyl carbamates (subject to hydrolysis) is 1. The molecule has 2 rings (SSSR count). The molecule has 0 radical (unpaired) electrons.